The summed E-state index contributed by atoms with van der Waals surface area (Å²) in [5.74, 6) is 0.841. The molecule has 1 saturated heterocycles. The first-order valence-electron chi connectivity index (χ1n) is 9.15. The largest absolute Gasteiger partial charge is 0.462 e. The molecule has 0 atom stereocenters. The summed E-state index contributed by atoms with van der Waals surface area (Å²) in [6.45, 7) is 7.20. The minimum atomic E-state index is -0.396. The van der Waals surface area contributed by atoms with Crippen molar-refractivity contribution in [1.29, 1.82) is 0 Å². The Morgan fingerprint density at radius 3 is 2.52 bits per heavy atom. The van der Waals surface area contributed by atoms with E-state index in [0.29, 0.717) is 29.0 Å². The Morgan fingerprint density at radius 1 is 1.11 bits per heavy atom. The maximum absolute atomic E-state index is 12.4. The summed E-state index contributed by atoms with van der Waals surface area (Å²) < 4.78 is 10.9. The average molecular weight is 366 g/mol. The van der Waals surface area contributed by atoms with Crippen LogP contribution in [0.4, 0.5) is 11.5 Å². The van der Waals surface area contributed by atoms with Gasteiger partial charge in [-0.15, -0.1) is 0 Å². The van der Waals surface area contributed by atoms with Crippen LogP contribution in [-0.2, 0) is 4.74 Å². The van der Waals surface area contributed by atoms with Crippen molar-refractivity contribution in [1.82, 2.24) is 9.97 Å². The van der Waals surface area contributed by atoms with Crippen LogP contribution in [0.3, 0.4) is 0 Å². The van der Waals surface area contributed by atoms with Crippen LogP contribution in [0.15, 0.2) is 41.1 Å². The van der Waals surface area contributed by atoms with E-state index in [0.717, 1.165) is 32.0 Å². The Hall–Kier alpha value is -3.09. The molecule has 4 rings (SSSR count). The molecule has 1 aliphatic heterocycles. The highest BCUT2D eigenvalue weighted by atomic mass is 16.5. The number of rotatable bonds is 4. The first-order valence-corrected chi connectivity index (χ1v) is 9.15. The van der Waals surface area contributed by atoms with Gasteiger partial charge in [0.2, 0.25) is 5.71 Å². The molecule has 1 aliphatic rings. The number of aromatic nitrogens is 2. The van der Waals surface area contributed by atoms with Gasteiger partial charge in [0.15, 0.2) is 0 Å². The summed E-state index contributed by atoms with van der Waals surface area (Å²) in [4.78, 5) is 25.7. The Balaban J connectivity index is 1.64. The lowest BCUT2D eigenvalue weighted by atomic mass is 10.1. The van der Waals surface area contributed by atoms with E-state index in [2.05, 4.69) is 44.0 Å². The fraction of sp³-hybridized carbons (Fsp3) is 0.350. The first-order chi connectivity index (χ1) is 13.2. The summed E-state index contributed by atoms with van der Waals surface area (Å²) in [6.07, 6.45) is 1.49. The molecule has 0 bridgehead atoms. The minimum Gasteiger partial charge on any atom is -0.462 e. The molecule has 0 amide bonds. The Morgan fingerprint density at radius 2 is 1.81 bits per heavy atom. The summed E-state index contributed by atoms with van der Waals surface area (Å²) in [5, 5.41) is 0.640. The van der Waals surface area contributed by atoms with Crippen molar-refractivity contribution in [2.45, 2.75) is 13.8 Å². The Bertz CT molecular complexity index is 947. The van der Waals surface area contributed by atoms with E-state index in [1.54, 1.807) is 13.8 Å². The number of anilines is 2. The van der Waals surface area contributed by atoms with Gasteiger partial charge < -0.3 is 19.0 Å². The SMILES string of the molecule is CCOC(=O)c1c(C)oc2ncnc(N3CCN(c4ccccc4)CC3)c12. The fourth-order valence-electron chi connectivity index (χ4n) is 3.53. The van der Waals surface area contributed by atoms with Crippen molar-refractivity contribution in [3.05, 3.63) is 48.0 Å². The van der Waals surface area contributed by atoms with Gasteiger partial charge in [0.25, 0.3) is 0 Å². The van der Waals surface area contributed by atoms with Gasteiger partial charge in [0.1, 0.15) is 23.5 Å². The maximum atomic E-state index is 12.4. The Kier molecular flexibility index (Phi) is 4.66. The van der Waals surface area contributed by atoms with Crippen LogP contribution in [0, 0.1) is 6.92 Å². The number of hydrogen-bond donors (Lipinski definition) is 0. The molecule has 3 heterocycles. The monoisotopic (exact) mass is 366 g/mol. The number of fused-ring (bicyclic) bond motifs is 1. The third kappa shape index (κ3) is 3.20. The normalized spacial score (nSPS) is 14.6. The maximum Gasteiger partial charge on any atom is 0.342 e. The average Bonchev–Trinajstić information content (AvgIpc) is 3.05. The summed E-state index contributed by atoms with van der Waals surface area (Å²) in [6, 6.07) is 10.4. The molecule has 140 valence electrons. The van der Waals surface area contributed by atoms with Crippen molar-refractivity contribution in [2.24, 2.45) is 0 Å². The first kappa shape index (κ1) is 17.3. The van der Waals surface area contributed by atoms with E-state index >= 15 is 0 Å². The van der Waals surface area contributed by atoms with Crippen LogP contribution >= 0.6 is 0 Å². The predicted molar refractivity (Wildman–Crippen MR) is 103 cm³/mol. The van der Waals surface area contributed by atoms with Crippen LogP contribution in [-0.4, -0.2) is 48.7 Å². The molecule has 1 aromatic carbocycles. The molecular weight excluding hydrogens is 344 g/mol. The number of benzene rings is 1. The molecule has 0 N–H and O–H groups in total. The number of hydrogen-bond acceptors (Lipinski definition) is 7. The summed E-state index contributed by atoms with van der Waals surface area (Å²) in [7, 11) is 0. The third-order valence-electron chi connectivity index (χ3n) is 4.82. The van der Waals surface area contributed by atoms with E-state index < -0.39 is 5.97 Å². The fourth-order valence-corrected chi connectivity index (χ4v) is 3.53. The summed E-state index contributed by atoms with van der Waals surface area (Å²) in [5.41, 5.74) is 2.07. The smallest absolute Gasteiger partial charge is 0.342 e. The van der Waals surface area contributed by atoms with E-state index in [9.17, 15) is 4.79 Å². The molecule has 3 aromatic rings. The zero-order valence-electron chi connectivity index (χ0n) is 15.5. The molecule has 0 aliphatic carbocycles. The highest BCUT2D eigenvalue weighted by Gasteiger charge is 2.27. The van der Waals surface area contributed by atoms with E-state index in [1.165, 1.54) is 12.0 Å². The number of aryl methyl sites for hydroxylation is 1. The molecule has 1 fully saturated rings. The van der Waals surface area contributed by atoms with E-state index in [4.69, 9.17) is 9.15 Å². The predicted octanol–water partition coefficient (Wildman–Crippen LogP) is 3.03. The molecule has 2 aromatic heterocycles. The molecule has 0 spiro atoms. The number of ether oxygens (including phenoxy) is 1. The second-order valence-electron chi connectivity index (χ2n) is 6.44. The van der Waals surface area contributed by atoms with Crippen molar-refractivity contribution in [3.8, 4) is 0 Å². The lowest BCUT2D eigenvalue weighted by molar-refractivity contribution is 0.0526. The minimum absolute atomic E-state index is 0.309. The van der Waals surface area contributed by atoms with Crippen molar-refractivity contribution >= 4 is 28.6 Å². The van der Waals surface area contributed by atoms with E-state index in [1.807, 2.05) is 6.07 Å². The van der Waals surface area contributed by atoms with Crippen molar-refractivity contribution in [2.75, 3.05) is 42.6 Å². The molecular formula is C20H22N4O3. The quantitative estimate of drug-likeness (QED) is 0.657. The highest BCUT2D eigenvalue weighted by molar-refractivity contribution is 6.07. The number of carbonyl (C=O) groups excluding carboxylic acids is 1. The molecule has 7 heteroatoms. The topological polar surface area (TPSA) is 71.7 Å². The summed E-state index contributed by atoms with van der Waals surface area (Å²) >= 11 is 0. The number of nitrogens with zero attached hydrogens (tertiary/aromatic N) is 4. The van der Waals surface area contributed by atoms with Crippen molar-refractivity contribution < 1.29 is 13.9 Å². The second kappa shape index (κ2) is 7.26. The molecule has 0 saturated carbocycles. The highest BCUT2D eigenvalue weighted by Crippen LogP contribution is 2.32. The van der Waals surface area contributed by atoms with E-state index in [-0.39, 0.29) is 0 Å². The van der Waals surface area contributed by atoms with Gasteiger partial charge >= 0.3 is 5.97 Å². The second-order valence-corrected chi connectivity index (χ2v) is 6.44. The number of para-hydroxylation sites is 1. The number of piperazine rings is 1. The van der Waals surface area contributed by atoms with Crippen molar-refractivity contribution in [3.63, 3.8) is 0 Å². The van der Waals surface area contributed by atoms with Crippen LogP contribution in [0.2, 0.25) is 0 Å². The van der Waals surface area contributed by atoms with Gasteiger partial charge in [-0.05, 0) is 26.0 Å². The molecule has 7 nitrogen and oxygen atoms in total. The molecule has 0 radical (unpaired) electrons. The standard InChI is InChI=1S/C20H22N4O3/c1-3-26-20(25)16-14(2)27-19-17(16)18(21-13-22-19)24-11-9-23(10-12-24)15-7-5-4-6-8-15/h4-8,13H,3,9-12H2,1-2H3. The van der Waals surface area contributed by atoms with Crippen LogP contribution in [0.5, 0.6) is 0 Å². The van der Waals surface area contributed by atoms with Gasteiger partial charge in [0, 0.05) is 31.9 Å². The van der Waals surface area contributed by atoms with Gasteiger partial charge in [-0.1, -0.05) is 18.2 Å². The lowest BCUT2D eigenvalue weighted by Gasteiger charge is -2.36. The van der Waals surface area contributed by atoms with Gasteiger partial charge in [0.05, 0.1) is 12.0 Å². The zero-order chi connectivity index (χ0) is 18.8. The zero-order valence-corrected chi connectivity index (χ0v) is 15.5. The lowest BCUT2D eigenvalue weighted by Crippen LogP contribution is -2.47. The van der Waals surface area contributed by atoms with Gasteiger partial charge in [-0.25, -0.2) is 14.8 Å². The number of carbonyl (C=O) groups is 1. The van der Waals surface area contributed by atoms with Gasteiger partial charge in [-0.2, -0.15) is 0 Å². The third-order valence-corrected chi connectivity index (χ3v) is 4.82. The van der Waals surface area contributed by atoms with Crippen LogP contribution in [0.25, 0.3) is 11.1 Å². The molecule has 0 unspecified atom stereocenters. The number of esters is 1. The van der Waals surface area contributed by atoms with Crippen LogP contribution < -0.4 is 9.80 Å². The molecule has 27 heavy (non-hydrogen) atoms. The number of furan rings is 1. The Labute approximate surface area is 157 Å². The van der Waals surface area contributed by atoms with Gasteiger partial charge in [-0.3, -0.25) is 0 Å². The van der Waals surface area contributed by atoms with Crippen LogP contribution in [0.1, 0.15) is 23.0 Å².